The number of hydrogen-bond donors (Lipinski definition) is 2. The van der Waals surface area contributed by atoms with E-state index < -0.39 is 11.9 Å². The van der Waals surface area contributed by atoms with Crippen LogP contribution in [-0.4, -0.2) is 35.2 Å². The lowest BCUT2D eigenvalue weighted by Gasteiger charge is -1.97. The van der Waals surface area contributed by atoms with E-state index in [0.29, 0.717) is 13.1 Å². The van der Waals surface area contributed by atoms with Gasteiger partial charge in [-0.05, 0) is 25.7 Å². The second-order valence-corrected chi connectivity index (χ2v) is 4.85. The van der Waals surface area contributed by atoms with Crippen molar-refractivity contribution >= 4 is 11.9 Å². The average molecular weight is 286 g/mol. The van der Waals surface area contributed by atoms with Crippen molar-refractivity contribution in [3.8, 4) is 0 Å². The molecule has 0 rings (SSSR count). The van der Waals surface area contributed by atoms with Gasteiger partial charge in [0, 0.05) is 12.8 Å². The Kier molecular flexibility index (Phi) is 12.9. The van der Waals surface area contributed by atoms with Crippen molar-refractivity contribution in [2.75, 3.05) is 13.1 Å². The molecule has 0 aliphatic rings. The van der Waals surface area contributed by atoms with Gasteiger partial charge in [0.15, 0.2) is 0 Å². The van der Waals surface area contributed by atoms with E-state index in [1.807, 2.05) is 0 Å². The van der Waals surface area contributed by atoms with Crippen molar-refractivity contribution in [1.29, 1.82) is 0 Å². The van der Waals surface area contributed by atoms with Gasteiger partial charge in [-0.1, -0.05) is 25.7 Å². The first-order valence-corrected chi connectivity index (χ1v) is 7.40. The van der Waals surface area contributed by atoms with E-state index in [-0.39, 0.29) is 12.8 Å². The molecular weight excluding hydrogens is 260 g/mol. The Labute approximate surface area is 120 Å². The van der Waals surface area contributed by atoms with E-state index in [0.717, 1.165) is 51.4 Å². The fourth-order valence-electron chi connectivity index (χ4n) is 1.77. The number of carboxylic acid groups (broad SMARTS) is 2. The molecule has 0 saturated heterocycles. The van der Waals surface area contributed by atoms with E-state index in [2.05, 4.69) is 10.2 Å². The van der Waals surface area contributed by atoms with Gasteiger partial charge in [0.05, 0.1) is 13.1 Å². The van der Waals surface area contributed by atoms with Gasteiger partial charge in [0.25, 0.3) is 0 Å². The third-order valence-electron chi connectivity index (χ3n) is 2.90. The topological polar surface area (TPSA) is 99.3 Å². The van der Waals surface area contributed by atoms with Gasteiger partial charge < -0.3 is 10.2 Å². The van der Waals surface area contributed by atoms with Crippen LogP contribution in [0.1, 0.15) is 64.2 Å². The van der Waals surface area contributed by atoms with E-state index in [1.54, 1.807) is 0 Å². The molecule has 0 aliphatic carbocycles. The summed E-state index contributed by atoms with van der Waals surface area (Å²) < 4.78 is 0. The van der Waals surface area contributed by atoms with Crippen molar-refractivity contribution in [1.82, 2.24) is 0 Å². The smallest absolute Gasteiger partial charge is 0.303 e. The molecule has 0 aromatic carbocycles. The first kappa shape index (κ1) is 18.5. The SMILES string of the molecule is O=C(O)CCCCCCN=NCCCCCCC(=O)O. The van der Waals surface area contributed by atoms with Gasteiger partial charge in [-0.3, -0.25) is 9.59 Å². The highest BCUT2D eigenvalue weighted by Gasteiger charge is 1.96. The highest BCUT2D eigenvalue weighted by Crippen LogP contribution is 2.04. The molecule has 2 N–H and O–H groups in total. The number of azo groups is 1. The molecule has 0 saturated carbocycles. The lowest BCUT2D eigenvalue weighted by atomic mass is 10.1. The zero-order valence-corrected chi connectivity index (χ0v) is 12.1. The van der Waals surface area contributed by atoms with Crippen LogP contribution in [0.3, 0.4) is 0 Å². The van der Waals surface area contributed by atoms with E-state index in [4.69, 9.17) is 10.2 Å². The van der Waals surface area contributed by atoms with Crippen LogP contribution in [0.4, 0.5) is 0 Å². The quantitative estimate of drug-likeness (QED) is 0.377. The number of unbranched alkanes of at least 4 members (excludes halogenated alkanes) is 6. The first-order valence-electron chi connectivity index (χ1n) is 7.40. The lowest BCUT2D eigenvalue weighted by molar-refractivity contribution is -0.138. The van der Waals surface area contributed by atoms with E-state index >= 15 is 0 Å². The molecule has 0 heterocycles. The molecule has 116 valence electrons. The zero-order chi connectivity index (χ0) is 15.1. The summed E-state index contributed by atoms with van der Waals surface area (Å²) >= 11 is 0. The molecule has 0 aromatic heterocycles. The predicted octanol–water partition coefficient (Wildman–Crippen LogP) is 3.51. The molecule has 0 atom stereocenters. The average Bonchev–Trinajstić information content (AvgIpc) is 2.38. The summed E-state index contributed by atoms with van der Waals surface area (Å²) in [6.45, 7) is 1.43. The highest BCUT2D eigenvalue weighted by atomic mass is 16.4. The Balaban J connectivity index is 3.12. The van der Waals surface area contributed by atoms with Gasteiger partial charge in [-0.2, -0.15) is 10.2 Å². The second kappa shape index (κ2) is 14.0. The summed E-state index contributed by atoms with van der Waals surface area (Å²) in [7, 11) is 0. The van der Waals surface area contributed by atoms with E-state index in [9.17, 15) is 9.59 Å². The van der Waals surface area contributed by atoms with Gasteiger partial charge in [0.2, 0.25) is 0 Å². The Morgan fingerprint density at radius 1 is 0.600 bits per heavy atom. The molecule has 20 heavy (non-hydrogen) atoms. The van der Waals surface area contributed by atoms with Gasteiger partial charge >= 0.3 is 11.9 Å². The minimum atomic E-state index is -0.729. The highest BCUT2D eigenvalue weighted by molar-refractivity contribution is 5.66. The molecule has 0 radical (unpaired) electrons. The van der Waals surface area contributed by atoms with Crippen molar-refractivity contribution in [2.24, 2.45) is 10.2 Å². The van der Waals surface area contributed by atoms with Crippen molar-refractivity contribution < 1.29 is 19.8 Å². The fourth-order valence-corrected chi connectivity index (χ4v) is 1.77. The summed E-state index contributed by atoms with van der Waals surface area (Å²) in [6.07, 6.45) is 7.78. The van der Waals surface area contributed by atoms with Crippen LogP contribution in [0.2, 0.25) is 0 Å². The summed E-state index contributed by atoms with van der Waals surface area (Å²) in [6, 6.07) is 0. The minimum Gasteiger partial charge on any atom is -0.481 e. The van der Waals surface area contributed by atoms with Crippen molar-refractivity contribution in [3.63, 3.8) is 0 Å². The standard InChI is InChI=1S/C14H26N2O4/c17-13(18)9-5-1-3-7-11-15-16-12-8-4-2-6-10-14(19)20/h1-12H2,(H,17,18)(H,19,20). The summed E-state index contributed by atoms with van der Waals surface area (Å²) in [4.78, 5) is 20.5. The van der Waals surface area contributed by atoms with Crippen LogP contribution in [-0.2, 0) is 9.59 Å². The Morgan fingerprint density at radius 2 is 0.950 bits per heavy atom. The zero-order valence-electron chi connectivity index (χ0n) is 12.1. The van der Waals surface area contributed by atoms with Crippen LogP contribution < -0.4 is 0 Å². The van der Waals surface area contributed by atoms with Gasteiger partial charge in [-0.25, -0.2) is 0 Å². The van der Waals surface area contributed by atoms with Gasteiger partial charge in [0.1, 0.15) is 0 Å². The van der Waals surface area contributed by atoms with Crippen LogP contribution in [0.5, 0.6) is 0 Å². The van der Waals surface area contributed by atoms with Gasteiger partial charge in [-0.15, -0.1) is 0 Å². The van der Waals surface area contributed by atoms with E-state index in [1.165, 1.54) is 0 Å². The maximum absolute atomic E-state index is 10.3. The summed E-state index contributed by atoms with van der Waals surface area (Å²) in [5, 5.41) is 25.0. The monoisotopic (exact) mass is 286 g/mol. The molecular formula is C14H26N2O4. The third kappa shape index (κ3) is 16.5. The number of carbonyl (C=O) groups is 2. The third-order valence-corrected chi connectivity index (χ3v) is 2.90. The molecule has 0 bridgehead atoms. The largest absolute Gasteiger partial charge is 0.481 e. The molecule has 0 aliphatic heterocycles. The minimum absolute atomic E-state index is 0.253. The summed E-state index contributed by atoms with van der Waals surface area (Å²) in [5.41, 5.74) is 0. The maximum atomic E-state index is 10.3. The van der Waals surface area contributed by atoms with Crippen molar-refractivity contribution in [2.45, 2.75) is 64.2 Å². The normalized spacial score (nSPS) is 11.0. The van der Waals surface area contributed by atoms with Crippen LogP contribution in [0.15, 0.2) is 10.2 Å². The van der Waals surface area contributed by atoms with Crippen LogP contribution in [0, 0.1) is 0 Å². The predicted molar refractivity (Wildman–Crippen MR) is 76.0 cm³/mol. The lowest BCUT2D eigenvalue weighted by Crippen LogP contribution is -1.94. The number of hydrogen-bond acceptors (Lipinski definition) is 4. The number of rotatable bonds is 14. The summed E-state index contributed by atoms with van der Waals surface area (Å²) in [5.74, 6) is -1.46. The number of nitrogens with zero attached hydrogens (tertiary/aromatic N) is 2. The van der Waals surface area contributed by atoms with Crippen LogP contribution >= 0.6 is 0 Å². The molecule has 0 spiro atoms. The van der Waals surface area contributed by atoms with Crippen LogP contribution in [0.25, 0.3) is 0 Å². The number of carboxylic acids is 2. The Bertz CT molecular complexity index is 265. The molecule has 0 amide bonds. The molecule has 0 fully saturated rings. The Hall–Kier alpha value is -1.46. The molecule has 0 unspecified atom stereocenters. The Morgan fingerprint density at radius 3 is 1.30 bits per heavy atom. The number of aliphatic carboxylic acids is 2. The first-order chi connectivity index (χ1) is 9.63. The molecule has 6 heteroatoms. The second-order valence-electron chi connectivity index (χ2n) is 4.85. The van der Waals surface area contributed by atoms with Crippen molar-refractivity contribution in [3.05, 3.63) is 0 Å². The molecule has 6 nitrogen and oxygen atoms in total. The molecule has 0 aromatic rings. The maximum Gasteiger partial charge on any atom is 0.303 e. The fraction of sp³-hybridized carbons (Fsp3) is 0.857.